The maximum atomic E-state index is 2.69. The minimum atomic E-state index is 0.815. The van der Waals surface area contributed by atoms with E-state index in [1.54, 1.807) is 5.56 Å². The van der Waals surface area contributed by atoms with Crippen LogP contribution in [0.5, 0.6) is 0 Å². The van der Waals surface area contributed by atoms with Crippen LogP contribution in [-0.4, -0.2) is 0 Å². The molecule has 0 radical (unpaired) electrons. The largest absolute Gasteiger partial charge is 0.0849 e. The van der Waals surface area contributed by atoms with Crippen LogP contribution in [0.25, 0.3) is 0 Å². The minimum Gasteiger partial charge on any atom is -0.0849 e. The van der Waals surface area contributed by atoms with Crippen LogP contribution in [0.2, 0.25) is 0 Å². The molecule has 0 heterocycles. The lowest BCUT2D eigenvalue weighted by atomic mass is 9.67. The fourth-order valence-electron chi connectivity index (χ4n) is 7.36. The molecule has 0 bridgehead atoms. The highest BCUT2D eigenvalue weighted by Gasteiger charge is 2.32. The van der Waals surface area contributed by atoms with Crippen LogP contribution in [0.3, 0.4) is 0 Å². The molecule has 0 heteroatoms. The molecular weight excluding hydrogens is 384 g/mol. The van der Waals surface area contributed by atoms with Gasteiger partial charge in [-0.1, -0.05) is 95.2 Å². The molecule has 3 aliphatic rings. The van der Waals surface area contributed by atoms with Crippen molar-refractivity contribution in [3.63, 3.8) is 0 Å². The van der Waals surface area contributed by atoms with Crippen LogP contribution in [0.15, 0.2) is 36.4 Å². The lowest BCUT2D eigenvalue weighted by molar-refractivity contribution is 0.186. The second-order valence-corrected chi connectivity index (χ2v) is 11.7. The second kappa shape index (κ2) is 12.4. The Morgan fingerprint density at radius 1 is 0.625 bits per heavy atom. The van der Waals surface area contributed by atoms with E-state index in [-0.39, 0.29) is 0 Å². The number of hydrogen-bond donors (Lipinski definition) is 0. The van der Waals surface area contributed by atoms with Gasteiger partial charge in [-0.2, -0.15) is 0 Å². The fourth-order valence-corrected chi connectivity index (χ4v) is 7.36. The molecule has 0 amide bonds. The Bertz CT molecular complexity index is 666. The second-order valence-electron chi connectivity index (χ2n) is 11.7. The van der Waals surface area contributed by atoms with E-state index in [2.05, 4.69) is 50.3 Å². The number of allylic oxidation sites excluding steroid dienone is 2. The van der Waals surface area contributed by atoms with Gasteiger partial charge in [0.2, 0.25) is 0 Å². The van der Waals surface area contributed by atoms with Crippen LogP contribution in [0, 0.1) is 29.6 Å². The van der Waals surface area contributed by atoms with E-state index in [0.717, 1.165) is 35.5 Å². The van der Waals surface area contributed by atoms with E-state index in [4.69, 9.17) is 0 Å². The summed E-state index contributed by atoms with van der Waals surface area (Å²) in [4.78, 5) is 0. The average molecular weight is 435 g/mol. The van der Waals surface area contributed by atoms with Crippen LogP contribution < -0.4 is 0 Å². The summed E-state index contributed by atoms with van der Waals surface area (Å²) in [5.41, 5.74) is 3.12. The van der Waals surface area contributed by atoms with Crippen molar-refractivity contribution in [2.45, 2.75) is 122 Å². The Kier molecular flexibility index (Phi) is 9.36. The summed E-state index contributed by atoms with van der Waals surface area (Å²) in [6, 6.07) is 9.63. The standard InChI is InChI=1S/C32H50/c1-3-5-6-8-26-11-15-28(16-12-26)30-19-23-32(24-20-30)31-21-17-29(18-22-31)27-13-9-25(7-4-2)10-14-27/h9-10,13-14,19,23,26,28-32H,3-8,11-12,15-18,20-22,24H2,1-2H3. The number of hydrogen-bond acceptors (Lipinski definition) is 0. The first-order valence-electron chi connectivity index (χ1n) is 14.5. The van der Waals surface area contributed by atoms with Crippen LogP contribution in [0.1, 0.15) is 127 Å². The molecule has 0 N–H and O–H groups in total. The summed E-state index contributed by atoms with van der Waals surface area (Å²) >= 11 is 0. The quantitative estimate of drug-likeness (QED) is 0.268. The Balaban J connectivity index is 1.19. The van der Waals surface area contributed by atoms with Gasteiger partial charge in [-0.05, 0) is 104 Å². The number of rotatable bonds is 9. The van der Waals surface area contributed by atoms with E-state index in [0.29, 0.717) is 0 Å². The molecule has 178 valence electrons. The molecule has 0 saturated heterocycles. The van der Waals surface area contributed by atoms with Crippen molar-refractivity contribution in [2.24, 2.45) is 29.6 Å². The third kappa shape index (κ3) is 6.51. The molecule has 1 aromatic rings. The normalized spacial score (nSPS) is 33.3. The number of benzene rings is 1. The predicted octanol–water partition coefficient (Wildman–Crippen LogP) is 9.88. The van der Waals surface area contributed by atoms with E-state index in [1.165, 1.54) is 108 Å². The summed E-state index contributed by atoms with van der Waals surface area (Å²) in [6.07, 6.45) is 28.4. The predicted molar refractivity (Wildman–Crippen MR) is 140 cm³/mol. The lowest BCUT2D eigenvalue weighted by Gasteiger charge is -2.38. The third-order valence-corrected chi connectivity index (χ3v) is 9.52. The third-order valence-electron chi connectivity index (χ3n) is 9.52. The van der Waals surface area contributed by atoms with E-state index in [9.17, 15) is 0 Å². The average Bonchev–Trinajstić information content (AvgIpc) is 2.86. The molecule has 2 fully saturated rings. The lowest BCUT2D eigenvalue weighted by Crippen LogP contribution is -2.26. The van der Waals surface area contributed by atoms with Gasteiger partial charge in [0.25, 0.3) is 0 Å². The zero-order valence-electron chi connectivity index (χ0n) is 21.2. The topological polar surface area (TPSA) is 0 Å². The number of unbranched alkanes of at least 4 members (excludes halogenated alkanes) is 2. The summed E-state index contributed by atoms with van der Waals surface area (Å²) in [6.45, 7) is 4.61. The van der Waals surface area contributed by atoms with Crippen molar-refractivity contribution in [3.8, 4) is 0 Å². The maximum Gasteiger partial charge on any atom is -0.0162 e. The zero-order chi connectivity index (χ0) is 22.2. The van der Waals surface area contributed by atoms with Gasteiger partial charge in [0.15, 0.2) is 0 Å². The molecule has 0 aliphatic heterocycles. The van der Waals surface area contributed by atoms with Gasteiger partial charge >= 0.3 is 0 Å². The van der Waals surface area contributed by atoms with Crippen molar-refractivity contribution >= 4 is 0 Å². The maximum absolute atomic E-state index is 2.69. The highest BCUT2D eigenvalue weighted by Crippen LogP contribution is 2.45. The molecule has 4 rings (SSSR count). The molecule has 2 atom stereocenters. The molecule has 3 aliphatic carbocycles. The van der Waals surface area contributed by atoms with E-state index < -0.39 is 0 Å². The first kappa shape index (κ1) is 24.1. The summed E-state index contributed by atoms with van der Waals surface area (Å²) < 4.78 is 0. The Morgan fingerprint density at radius 3 is 1.75 bits per heavy atom. The molecule has 32 heavy (non-hydrogen) atoms. The monoisotopic (exact) mass is 434 g/mol. The van der Waals surface area contributed by atoms with Gasteiger partial charge in [0, 0.05) is 0 Å². The SMILES string of the molecule is CCCCCC1CCC(C2C=CC(C3CCC(c4ccc(CCC)cc4)CC3)CC2)CC1. The Hall–Kier alpha value is -1.04. The molecule has 0 nitrogen and oxygen atoms in total. The van der Waals surface area contributed by atoms with E-state index >= 15 is 0 Å². The van der Waals surface area contributed by atoms with Gasteiger partial charge in [-0.3, -0.25) is 0 Å². The molecule has 2 unspecified atom stereocenters. The van der Waals surface area contributed by atoms with Crippen molar-refractivity contribution in [1.29, 1.82) is 0 Å². The van der Waals surface area contributed by atoms with Gasteiger partial charge in [0.05, 0.1) is 0 Å². The summed E-state index contributed by atoms with van der Waals surface area (Å²) in [5, 5.41) is 0. The first-order valence-corrected chi connectivity index (χ1v) is 14.5. The Morgan fingerprint density at radius 2 is 1.22 bits per heavy atom. The Labute approximate surface area is 199 Å². The first-order chi connectivity index (χ1) is 15.8. The van der Waals surface area contributed by atoms with Crippen LogP contribution >= 0.6 is 0 Å². The molecule has 2 saturated carbocycles. The highest BCUT2D eigenvalue weighted by atomic mass is 14.4. The van der Waals surface area contributed by atoms with Crippen molar-refractivity contribution in [3.05, 3.63) is 47.5 Å². The van der Waals surface area contributed by atoms with Crippen LogP contribution in [-0.2, 0) is 6.42 Å². The fraction of sp³-hybridized carbons (Fsp3) is 0.750. The van der Waals surface area contributed by atoms with Crippen molar-refractivity contribution in [2.75, 3.05) is 0 Å². The van der Waals surface area contributed by atoms with Gasteiger partial charge < -0.3 is 0 Å². The van der Waals surface area contributed by atoms with Gasteiger partial charge in [-0.25, -0.2) is 0 Å². The van der Waals surface area contributed by atoms with Gasteiger partial charge in [0.1, 0.15) is 0 Å². The van der Waals surface area contributed by atoms with E-state index in [1.807, 2.05) is 0 Å². The summed E-state index contributed by atoms with van der Waals surface area (Å²) in [7, 11) is 0. The minimum absolute atomic E-state index is 0.815. The summed E-state index contributed by atoms with van der Waals surface area (Å²) in [5.74, 6) is 5.61. The number of aryl methyl sites for hydroxylation is 1. The molecule has 0 spiro atoms. The van der Waals surface area contributed by atoms with Crippen molar-refractivity contribution in [1.82, 2.24) is 0 Å². The molecule has 1 aromatic carbocycles. The molecular formula is C32H50. The molecule has 0 aromatic heterocycles. The van der Waals surface area contributed by atoms with Crippen molar-refractivity contribution < 1.29 is 0 Å². The van der Waals surface area contributed by atoms with Crippen LogP contribution in [0.4, 0.5) is 0 Å². The smallest absolute Gasteiger partial charge is 0.0162 e. The zero-order valence-corrected chi connectivity index (χ0v) is 21.2. The highest BCUT2D eigenvalue weighted by molar-refractivity contribution is 5.26. The van der Waals surface area contributed by atoms with Gasteiger partial charge in [-0.15, -0.1) is 0 Å².